The average molecular weight is 286 g/mol. The van der Waals surface area contributed by atoms with Crippen molar-refractivity contribution < 1.29 is 19.8 Å². The van der Waals surface area contributed by atoms with Gasteiger partial charge in [0.05, 0.1) is 17.6 Å². The number of hydrogen-bond acceptors (Lipinski definition) is 4. The Hall–Kier alpha value is -2.56. The zero-order valence-corrected chi connectivity index (χ0v) is 11.8. The molecule has 110 valence electrons. The van der Waals surface area contributed by atoms with Gasteiger partial charge in [-0.25, -0.2) is 0 Å². The molecule has 0 unspecified atom stereocenters. The van der Waals surface area contributed by atoms with Crippen LogP contribution >= 0.6 is 0 Å². The quantitative estimate of drug-likeness (QED) is 0.879. The molecule has 2 N–H and O–H groups in total. The number of benzene rings is 2. The van der Waals surface area contributed by atoms with Gasteiger partial charge in [0.1, 0.15) is 5.75 Å². The first kappa shape index (κ1) is 14.8. The van der Waals surface area contributed by atoms with Crippen molar-refractivity contribution in [1.82, 2.24) is 5.32 Å². The second-order valence-corrected chi connectivity index (χ2v) is 5.23. The Balaban J connectivity index is 2.34. The Kier molecular flexibility index (Phi) is 4.12. The van der Waals surface area contributed by atoms with Gasteiger partial charge in [0.15, 0.2) is 0 Å². The molecule has 0 aliphatic heterocycles. The van der Waals surface area contributed by atoms with Crippen LogP contribution in [0.25, 0.3) is 10.8 Å². The van der Waals surface area contributed by atoms with E-state index in [0.29, 0.717) is 0 Å². The van der Waals surface area contributed by atoms with Crippen molar-refractivity contribution in [2.45, 2.75) is 19.9 Å². The minimum absolute atomic E-state index is 0.0422. The summed E-state index contributed by atoms with van der Waals surface area (Å²) >= 11 is 0. The van der Waals surface area contributed by atoms with E-state index < -0.39 is 17.9 Å². The number of rotatable bonds is 4. The zero-order valence-electron chi connectivity index (χ0n) is 11.8. The molecule has 5 nitrogen and oxygen atoms in total. The highest BCUT2D eigenvalue weighted by atomic mass is 16.4. The molecule has 0 saturated heterocycles. The normalized spacial score (nSPS) is 12.3. The Morgan fingerprint density at radius 1 is 1.14 bits per heavy atom. The fraction of sp³-hybridized carbons (Fsp3) is 0.250. The summed E-state index contributed by atoms with van der Waals surface area (Å²) in [6.45, 7) is 3.34. The van der Waals surface area contributed by atoms with Crippen LogP contribution in [-0.2, 0) is 4.79 Å². The van der Waals surface area contributed by atoms with E-state index in [2.05, 4.69) is 5.32 Å². The second-order valence-electron chi connectivity index (χ2n) is 5.23. The highest BCUT2D eigenvalue weighted by Crippen LogP contribution is 2.25. The van der Waals surface area contributed by atoms with Crippen LogP contribution in [0.2, 0.25) is 0 Å². The summed E-state index contributed by atoms with van der Waals surface area (Å²) in [4.78, 5) is 23.2. The lowest BCUT2D eigenvalue weighted by Gasteiger charge is -2.23. The molecule has 5 heteroatoms. The van der Waals surface area contributed by atoms with Gasteiger partial charge < -0.3 is 20.3 Å². The molecule has 0 heterocycles. The van der Waals surface area contributed by atoms with Gasteiger partial charge in [-0.1, -0.05) is 38.1 Å². The number of fused-ring (bicyclic) bond motifs is 1. The minimum Gasteiger partial charge on any atom is -0.548 e. The molecular weight excluding hydrogens is 270 g/mol. The molecule has 1 amide bonds. The highest BCUT2D eigenvalue weighted by Gasteiger charge is 2.20. The van der Waals surface area contributed by atoms with Crippen LogP contribution in [0, 0.1) is 5.92 Å². The number of carbonyl (C=O) groups is 2. The van der Waals surface area contributed by atoms with Gasteiger partial charge in [-0.05, 0) is 28.8 Å². The van der Waals surface area contributed by atoms with E-state index in [0.717, 1.165) is 10.8 Å². The molecular formula is C16H16NO4-. The van der Waals surface area contributed by atoms with Crippen LogP contribution in [0.15, 0.2) is 36.4 Å². The molecule has 21 heavy (non-hydrogen) atoms. The maximum absolute atomic E-state index is 12.2. The summed E-state index contributed by atoms with van der Waals surface area (Å²) in [6.07, 6.45) is 0. The van der Waals surface area contributed by atoms with E-state index in [4.69, 9.17) is 0 Å². The molecule has 0 saturated carbocycles. The van der Waals surface area contributed by atoms with E-state index >= 15 is 0 Å². The number of hydrogen-bond donors (Lipinski definition) is 2. The van der Waals surface area contributed by atoms with Gasteiger partial charge in [-0.15, -0.1) is 0 Å². The number of carboxylic acids is 1. The summed E-state index contributed by atoms with van der Waals surface area (Å²) in [7, 11) is 0. The van der Waals surface area contributed by atoms with Gasteiger partial charge in [-0.2, -0.15) is 0 Å². The van der Waals surface area contributed by atoms with Crippen molar-refractivity contribution in [2.75, 3.05) is 0 Å². The molecule has 0 aliphatic rings. The first-order valence-corrected chi connectivity index (χ1v) is 6.63. The number of carboxylic acid groups (broad SMARTS) is 1. The van der Waals surface area contributed by atoms with Gasteiger partial charge in [-0.3, -0.25) is 4.79 Å². The van der Waals surface area contributed by atoms with Crippen LogP contribution < -0.4 is 10.4 Å². The van der Waals surface area contributed by atoms with Crippen molar-refractivity contribution in [3.63, 3.8) is 0 Å². The van der Waals surface area contributed by atoms with Gasteiger partial charge in [0.2, 0.25) is 0 Å². The Bertz CT molecular complexity index is 694. The number of aromatic hydroxyl groups is 1. The third kappa shape index (κ3) is 3.13. The SMILES string of the molecule is CC(C)[C@@H](NC(=O)c1cc2ccccc2cc1O)C(=O)[O-]. The number of amides is 1. The van der Waals surface area contributed by atoms with Crippen molar-refractivity contribution in [2.24, 2.45) is 5.92 Å². The van der Waals surface area contributed by atoms with E-state index in [1.807, 2.05) is 24.3 Å². The largest absolute Gasteiger partial charge is 0.548 e. The fourth-order valence-electron chi connectivity index (χ4n) is 2.13. The average Bonchev–Trinajstić information content (AvgIpc) is 2.43. The van der Waals surface area contributed by atoms with Crippen LogP contribution in [-0.4, -0.2) is 23.0 Å². The standard InChI is InChI=1S/C16H17NO4/c1-9(2)14(16(20)21)17-15(19)12-7-10-5-3-4-6-11(10)8-13(12)18/h3-9,14,18H,1-2H3,(H,17,19)(H,20,21)/p-1/t14-/m1/s1. The molecule has 1 atom stereocenters. The lowest BCUT2D eigenvalue weighted by Crippen LogP contribution is -2.50. The minimum atomic E-state index is -1.35. The Morgan fingerprint density at radius 3 is 2.24 bits per heavy atom. The Morgan fingerprint density at radius 2 is 1.71 bits per heavy atom. The van der Waals surface area contributed by atoms with E-state index in [1.54, 1.807) is 13.8 Å². The predicted octanol–water partition coefficient (Wildman–Crippen LogP) is 1.05. The van der Waals surface area contributed by atoms with Crippen molar-refractivity contribution >= 4 is 22.6 Å². The molecule has 2 aromatic rings. The molecule has 0 aliphatic carbocycles. The monoisotopic (exact) mass is 286 g/mol. The van der Waals surface area contributed by atoms with Gasteiger partial charge in [0.25, 0.3) is 5.91 Å². The van der Waals surface area contributed by atoms with Crippen molar-refractivity contribution in [3.8, 4) is 5.75 Å². The lowest BCUT2D eigenvalue weighted by molar-refractivity contribution is -0.309. The number of phenols is 1. The number of carbonyl (C=O) groups excluding carboxylic acids is 2. The van der Waals surface area contributed by atoms with Crippen LogP contribution in [0.1, 0.15) is 24.2 Å². The fourth-order valence-corrected chi connectivity index (χ4v) is 2.13. The lowest BCUT2D eigenvalue weighted by atomic mass is 10.0. The van der Waals surface area contributed by atoms with Crippen molar-refractivity contribution in [3.05, 3.63) is 42.0 Å². The number of nitrogens with one attached hydrogen (secondary N) is 1. The van der Waals surface area contributed by atoms with Gasteiger partial charge >= 0.3 is 0 Å². The second kappa shape index (κ2) is 5.83. The smallest absolute Gasteiger partial charge is 0.255 e. The van der Waals surface area contributed by atoms with Crippen LogP contribution in [0.3, 0.4) is 0 Å². The summed E-state index contributed by atoms with van der Waals surface area (Å²) in [5.41, 5.74) is 0.0422. The van der Waals surface area contributed by atoms with Gasteiger partial charge in [0, 0.05) is 0 Å². The molecule has 0 spiro atoms. The third-order valence-electron chi connectivity index (χ3n) is 3.32. The molecule has 2 rings (SSSR count). The van der Waals surface area contributed by atoms with E-state index in [1.165, 1.54) is 12.1 Å². The molecule has 2 aromatic carbocycles. The highest BCUT2D eigenvalue weighted by molar-refractivity contribution is 6.02. The number of phenolic OH excluding ortho intramolecular Hbond substituents is 1. The summed E-state index contributed by atoms with van der Waals surface area (Å²) in [5.74, 6) is -2.49. The van der Waals surface area contributed by atoms with Crippen LogP contribution in [0.4, 0.5) is 0 Å². The number of aliphatic carboxylic acids is 1. The summed E-state index contributed by atoms with van der Waals surface area (Å²) < 4.78 is 0. The molecule has 0 radical (unpaired) electrons. The van der Waals surface area contributed by atoms with Crippen LogP contribution in [0.5, 0.6) is 5.75 Å². The van der Waals surface area contributed by atoms with Crippen molar-refractivity contribution in [1.29, 1.82) is 0 Å². The molecule has 0 fully saturated rings. The van der Waals surface area contributed by atoms with E-state index in [9.17, 15) is 19.8 Å². The maximum Gasteiger partial charge on any atom is 0.255 e. The maximum atomic E-state index is 12.2. The Labute approximate surface area is 122 Å². The summed E-state index contributed by atoms with van der Waals surface area (Å²) in [5, 5.41) is 24.9. The first-order chi connectivity index (χ1) is 9.90. The molecule has 0 aromatic heterocycles. The zero-order chi connectivity index (χ0) is 15.6. The predicted molar refractivity (Wildman–Crippen MR) is 76.7 cm³/mol. The molecule has 0 bridgehead atoms. The topological polar surface area (TPSA) is 89.5 Å². The summed E-state index contributed by atoms with van der Waals surface area (Å²) in [6, 6.07) is 9.17. The third-order valence-corrected chi connectivity index (χ3v) is 3.32. The first-order valence-electron chi connectivity index (χ1n) is 6.63. The van der Waals surface area contributed by atoms with E-state index in [-0.39, 0.29) is 17.2 Å².